The molecule has 27 heavy (non-hydrogen) atoms. The van der Waals surface area contributed by atoms with Gasteiger partial charge in [0, 0.05) is 0 Å². The highest BCUT2D eigenvalue weighted by Crippen LogP contribution is 2.38. The lowest BCUT2D eigenvalue weighted by Crippen LogP contribution is -2.70. The smallest absolute Gasteiger partial charge is 0.326 e. The maximum atomic E-state index is 13.2. The number of piperazine rings is 1. The van der Waals surface area contributed by atoms with Crippen LogP contribution in [0.4, 0.5) is 0 Å². The van der Waals surface area contributed by atoms with E-state index < -0.39 is 17.0 Å². The van der Waals surface area contributed by atoms with E-state index >= 15 is 0 Å². The average Bonchev–Trinajstić information content (AvgIpc) is 3.16. The fourth-order valence-electron chi connectivity index (χ4n) is 4.99. The van der Waals surface area contributed by atoms with Crippen molar-refractivity contribution in [3.8, 4) is 0 Å². The quantitative estimate of drug-likeness (QED) is 0.567. The van der Waals surface area contributed by atoms with E-state index in [1.165, 1.54) is 12.0 Å². The Hall–Kier alpha value is -1.96. The van der Waals surface area contributed by atoms with Crippen molar-refractivity contribution in [2.45, 2.75) is 68.9 Å². The number of carbonyl (C=O) groups is 4. The summed E-state index contributed by atoms with van der Waals surface area (Å²) in [4.78, 5) is 53.4. The third kappa shape index (κ3) is 3.35. The molecule has 3 fully saturated rings. The van der Waals surface area contributed by atoms with Crippen LogP contribution >= 0.6 is 0 Å². The van der Waals surface area contributed by atoms with E-state index in [-0.39, 0.29) is 30.9 Å². The molecule has 0 aromatic carbocycles. The normalized spacial score (nSPS) is 24.2. The molecular formula is C19H29N3O5. The monoisotopic (exact) mass is 379 g/mol. The van der Waals surface area contributed by atoms with Gasteiger partial charge in [0.25, 0.3) is 5.91 Å². The lowest BCUT2D eigenvalue weighted by Gasteiger charge is -2.48. The van der Waals surface area contributed by atoms with Crippen molar-refractivity contribution in [2.24, 2.45) is 0 Å². The van der Waals surface area contributed by atoms with Crippen LogP contribution in [0.2, 0.25) is 0 Å². The molecule has 8 heteroatoms. The fraction of sp³-hybridized carbons (Fsp3) is 0.789. The van der Waals surface area contributed by atoms with Crippen LogP contribution in [0.25, 0.3) is 0 Å². The van der Waals surface area contributed by atoms with Gasteiger partial charge in [-0.15, -0.1) is 0 Å². The summed E-state index contributed by atoms with van der Waals surface area (Å²) >= 11 is 0. The first-order valence-corrected chi connectivity index (χ1v) is 9.80. The van der Waals surface area contributed by atoms with Crippen molar-refractivity contribution in [3.63, 3.8) is 0 Å². The molecule has 3 amide bonds. The minimum Gasteiger partial charge on any atom is -0.468 e. The molecule has 2 aliphatic carbocycles. The summed E-state index contributed by atoms with van der Waals surface area (Å²) in [7, 11) is 3.11. The van der Waals surface area contributed by atoms with Gasteiger partial charge in [-0.2, -0.15) is 0 Å². The Morgan fingerprint density at radius 3 is 2.26 bits per heavy atom. The fourth-order valence-corrected chi connectivity index (χ4v) is 4.99. The van der Waals surface area contributed by atoms with Gasteiger partial charge in [-0.05, 0) is 32.7 Å². The van der Waals surface area contributed by atoms with Crippen LogP contribution < -0.4 is 5.32 Å². The van der Waals surface area contributed by atoms with Gasteiger partial charge < -0.3 is 9.64 Å². The average molecular weight is 379 g/mol. The molecule has 0 radical (unpaired) electrons. The Labute approximate surface area is 159 Å². The molecule has 0 atom stereocenters. The number of esters is 1. The topological polar surface area (TPSA) is 96.0 Å². The van der Waals surface area contributed by atoms with Gasteiger partial charge in [-0.1, -0.05) is 32.1 Å². The number of rotatable bonds is 4. The Morgan fingerprint density at radius 1 is 1.07 bits per heavy atom. The number of amides is 3. The predicted octanol–water partition coefficient (Wildman–Crippen LogP) is 0.592. The number of likely N-dealkylation sites (N-methyl/N-ethyl adjacent to an activating group) is 1. The van der Waals surface area contributed by atoms with Gasteiger partial charge in [0.2, 0.25) is 11.8 Å². The summed E-state index contributed by atoms with van der Waals surface area (Å²) in [5, 5.41) is 2.41. The number of hydrogen-bond donors (Lipinski definition) is 1. The van der Waals surface area contributed by atoms with E-state index in [1.54, 1.807) is 11.9 Å². The van der Waals surface area contributed by atoms with Crippen LogP contribution in [0.3, 0.4) is 0 Å². The van der Waals surface area contributed by atoms with Crippen LogP contribution in [0.5, 0.6) is 0 Å². The lowest BCUT2D eigenvalue weighted by molar-refractivity contribution is -0.163. The van der Waals surface area contributed by atoms with Gasteiger partial charge in [-0.3, -0.25) is 29.4 Å². The molecule has 1 N–H and O–H groups in total. The summed E-state index contributed by atoms with van der Waals surface area (Å²) in [5.41, 5.74) is -1.73. The van der Waals surface area contributed by atoms with E-state index in [1.807, 2.05) is 0 Å². The van der Waals surface area contributed by atoms with Crippen LogP contribution in [-0.2, 0) is 23.9 Å². The first kappa shape index (κ1) is 19.8. The predicted molar refractivity (Wildman–Crippen MR) is 96.5 cm³/mol. The molecule has 8 nitrogen and oxygen atoms in total. The zero-order chi connectivity index (χ0) is 19.7. The molecule has 1 saturated heterocycles. The number of nitrogens with zero attached hydrogens (tertiary/aromatic N) is 2. The van der Waals surface area contributed by atoms with Crippen molar-refractivity contribution in [1.82, 2.24) is 15.1 Å². The number of imide groups is 1. The van der Waals surface area contributed by atoms with Crippen molar-refractivity contribution >= 4 is 23.7 Å². The first-order chi connectivity index (χ1) is 12.9. The van der Waals surface area contributed by atoms with Crippen LogP contribution in [0, 0.1) is 0 Å². The summed E-state index contributed by atoms with van der Waals surface area (Å²) in [6.45, 7) is -0.124. The maximum Gasteiger partial charge on any atom is 0.326 e. The maximum absolute atomic E-state index is 13.2. The van der Waals surface area contributed by atoms with Gasteiger partial charge in [0.1, 0.15) is 17.6 Å². The molecule has 150 valence electrons. The van der Waals surface area contributed by atoms with Gasteiger partial charge in [0.15, 0.2) is 0 Å². The standard InChI is InChI=1S/C19H29N3O5/c1-21(19(17(26)27-2)10-6-7-11-19)13-15(24)22-12-14(23)20-16(25)18(22)8-4-3-5-9-18/h3-13H2,1-2H3,(H,20,23,25). The lowest BCUT2D eigenvalue weighted by atomic mass is 9.78. The molecule has 1 spiro atoms. The molecule has 2 saturated carbocycles. The highest BCUT2D eigenvalue weighted by atomic mass is 16.5. The second-order valence-corrected chi connectivity index (χ2v) is 8.04. The molecule has 0 aromatic rings. The van der Waals surface area contributed by atoms with Gasteiger partial charge in [0.05, 0.1) is 13.7 Å². The Morgan fingerprint density at radius 2 is 1.67 bits per heavy atom. The summed E-state index contributed by atoms with van der Waals surface area (Å²) in [5.74, 6) is -1.42. The Kier molecular flexibility index (Phi) is 5.55. The number of nitrogens with one attached hydrogen (secondary N) is 1. The minimum absolute atomic E-state index is 0.0165. The van der Waals surface area contributed by atoms with Crippen LogP contribution in [0.1, 0.15) is 57.8 Å². The van der Waals surface area contributed by atoms with E-state index in [0.29, 0.717) is 25.7 Å². The minimum atomic E-state index is -0.932. The molecule has 3 aliphatic rings. The van der Waals surface area contributed by atoms with Crippen molar-refractivity contribution in [3.05, 3.63) is 0 Å². The van der Waals surface area contributed by atoms with Crippen LogP contribution in [0.15, 0.2) is 0 Å². The summed E-state index contributed by atoms with van der Waals surface area (Å²) < 4.78 is 5.01. The third-order valence-corrected chi connectivity index (χ3v) is 6.57. The number of carbonyl (C=O) groups excluding carboxylic acids is 4. The largest absolute Gasteiger partial charge is 0.468 e. The molecular weight excluding hydrogens is 350 g/mol. The molecule has 0 unspecified atom stereocenters. The zero-order valence-corrected chi connectivity index (χ0v) is 16.2. The SMILES string of the molecule is COC(=O)C1(N(C)CC(=O)N2CC(=O)NC(=O)C23CCCCC3)CCCC1. The second kappa shape index (κ2) is 7.58. The molecule has 1 aliphatic heterocycles. The molecule has 0 aromatic heterocycles. The van der Waals surface area contributed by atoms with E-state index in [0.717, 1.165) is 32.1 Å². The van der Waals surface area contributed by atoms with Crippen molar-refractivity contribution in [1.29, 1.82) is 0 Å². The van der Waals surface area contributed by atoms with Crippen LogP contribution in [-0.4, -0.2) is 71.8 Å². The third-order valence-electron chi connectivity index (χ3n) is 6.57. The molecule has 3 rings (SSSR count). The summed E-state index contributed by atoms with van der Waals surface area (Å²) in [6, 6.07) is 0. The van der Waals surface area contributed by atoms with Gasteiger partial charge >= 0.3 is 5.97 Å². The molecule has 0 bridgehead atoms. The number of hydrogen-bond acceptors (Lipinski definition) is 6. The van der Waals surface area contributed by atoms with E-state index in [2.05, 4.69) is 5.32 Å². The van der Waals surface area contributed by atoms with Crippen molar-refractivity contribution < 1.29 is 23.9 Å². The van der Waals surface area contributed by atoms with Gasteiger partial charge in [-0.25, -0.2) is 0 Å². The molecule has 1 heterocycles. The Bertz CT molecular complexity index is 635. The first-order valence-electron chi connectivity index (χ1n) is 9.80. The Balaban J connectivity index is 1.81. The highest BCUT2D eigenvalue weighted by Gasteiger charge is 2.52. The highest BCUT2D eigenvalue weighted by molar-refractivity contribution is 6.06. The van der Waals surface area contributed by atoms with E-state index in [4.69, 9.17) is 4.74 Å². The zero-order valence-electron chi connectivity index (χ0n) is 16.2. The van der Waals surface area contributed by atoms with E-state index in [9.17, 15) is 19.2 Å². The summed E-state index contributed by atoms with van der Waals surface area (Å²) in [6.07, 6.45) is 6.98. The second-order valence-electron chi connectivity index (χ2n) is 8.04. The number of methoxy groups -OCH3 is 1. The van der Waals surface area contributed by atoms with Crippen molar-refractivity contribution in [2.75, 3.05) is 27.2 Å². The number of ether oxygens (including phenoxy) is 1.